The lowest BCUT2D eigenvalue weighted by Gasteiger charge is -2.25. The van der Waals surface area contributed by atoms with Gasteiger partial charge in [-0.15, -0.1) is 0 Å². The molecule has 0 aromatic heterocycles. The van der Waals surface area contributed by atoms with Crippen molar-refractivity contribution in [2.45, 2.75) is 45.4 Å². The second kappa shape index (κ2) is 4.39. The first-order valence-electron chi connectivity index (χ1n) is 6.09. The average Bonchev–Trinajstić information content (AvgIpc) is 3.05. The van der Waals surface area contributed by atoms with Crippen LogP contribution in [0.5, 0.6) is 0 Å². The van der Waals surface area contributed by atoms with Crippen LogP contribution in [-0.4, -0.2) is 37.2 Å². The third-order valence-electron chi connectivity index (χ3n) is 3.18. The lowest BCUT2D eigenvalue weighted by Crippen LogP contribution is -2.34. The molecule has 1 heterocycles. The second-order valence-electron chi connectivity index (χ2n) is 5.80. The summed E-state index contributed by atoms with van der Waals surface area (Å²) >= 11 is 0. The van der Waals surface area contributed by atoms with Gasteiger partial charge in [0.2, 0.25) is 0 Å². The van der Waals surface area contributed by atoms with Crippen molar-refractivity contribution in [2.24, 2.45) is 5.41 Å². The average molecular weight is 253 g/mol. The van der Waals surface area contributed by atoms with E-state index in [4.69, 9.17) is 9.47 Å². The normalized spacial score (nSPS) is 30.0. The number of ether oxygens (including phenoxy) is 2. The minimum Gasteiger partial charge on any atom is -0.466 e. The zero-order valence-corrected chi connectivity index (χ0v) is 11.1. The molecule has 1 aliphatic heterocycles. The van der Waals surface area contributed by atoms with Gasteiger partial charge < -0.3 is 14.8 Å². The van der Waals surface area contributed by atoms with Crippen molar-refractivity contribution in [1.29, 1.82) is 0 Å². The molecule has 1 fully saturated rings. The van der Waals surface area contributed by atoms with Crippen LogP contribution in [0.3, 0.4) is 0 Å². The van der Waals surface area contributed by atoms with Gasteiger partial charge in [-0.1, -0.05) is 6.08 Å². The fourth-order valence-electron chi connectivity index (χ4n) is 2.00. The van der Waals surface area contributed by atoms with Gasteiger partial charge in [0.15, 0.2) is 0 Å². The molecule has 2 unspecified atom stereocenters. The SMILES string of the molecule is COC(=O)C1=CC2NC2[C@H](OC(=O)C(C)(C)C)C1. The van der Waals surface area contributed by atoms with E-state index in [2.05, 4.69) is 5.32 Å². The van der Waals surface area contributed by atoms with E-state index >= 15 is 0 Å². The first kappa shape index (κ1) is 13.1. The van der Waals surface area contributed by atoms with E-state index in [1.807, 2.05) is 26.8 Å². The highest BCUT2D eigenvalue weighted by Crippen LogP contribution is 2.32. The monoisotopic (exact) mass is 253 g/mol. The lowest BCUT2D eigenvalue weighted by atomic mass is 9.94. The minimum absolute atomic E-state index is 0.130. The topological polar surface area (TPSA) is 74.5 Å². The largest absolute Gasteiger partial charge is 0.466 e. The van der Waals surface area contributed by atoms with Gasteiger partial charge in [-0.05, 0) is 20.8 Å². The Morgan fingerprint density at radius 2 is 2.06 bits per heavy atom. The number of rotatable bonds is 2. The minimum atomic E-state index is -0.531. The van der Waals surface area contributed by atoms with Gasteiger partial charge in [0.25, 0.3) is 0 Å². The van der Waals surface area contributed by atoms with Gasteiger partial charge in [0.05, 0.1) is 18.6 Å². The molecule has 0 spiro atoms. The molecule has 1 aliphatic carbocycles. The van der Waals surface area contributed by atoms with Crippen molar-refractivity contribution >= 4 is 11.9 Å². The Morgan fingerprint density at radius 1 is 1.39 bits per heavy atom. The van der Waals surface area contributed by atoms with E-state index in [1.54, 1.807) is 0 Å². The predicted octanol–water partition coefficient (Wildman–Crippen LogP) is 0.788. The molecule has 0 bridgehead atoms. The van der Waals surface area contributed by atoms with Crippen molar-refractivity contribution in [3.05, 3.63) is 11.6 Å². The molecular formula is C13H19NO4. The number of hydrogen-bond donors (Lipinski definition) is 1. The van der Waals surface area contributed by atoms with Crippen LogP contribution >= 0.6 is 0 Å². The van der Waals surface area contributed by atoms with Crippen LogP contribution in [-0.2, 0) is 19.1 Å². The number of nitrogens with one attached hydrogen (secondary N) is 1. The van der Waals surface area contributed by atoms with E-state index in [0.29, 0.717) is 12.0 Å². The number of fused-ring (bicyclic) bond motifs is 1. The maximum Gasteiger partial charge on any atom is 0.333 e. The standard InChI is InChI=1S/C13H19NO4/c1-13(2,3)12(16)18-9-6-7(11(15)17-4)5-8-10(9)14-8/h5,8-10,14H,6H2,1-4H3/t8?,9-,10?/m1/s1. The van der Waals surface area contributed by atoms with E-state index in [1.165, 1.54) is 7.11 Å². The molecule has 0 radical (unpaired) electrons. The molecule has 100 valence electrons. The molecule has 2 rings (SSSR count). The van der Waals surface area contributed by atoms with Gasteiger partial charge in [-0.25, -0.2) is 4.79 Å². The van der Waals surface area contributed by atoms with E-state index < -0.39 is 5.41 Å². The zero-order chi connectivity index (χ0) is 13.5. The van der Waals surface area contributed by atoms with Crippen LogP contribution in [0.1, 0.15) is 27.2 Å². The van der Waals surface area contributed by atoms with E-state index in [0.717, 1.165) is 0 Å². The number of methoxy groups -OCH3 is 1. The number of esters is 2. The summed E-state index contributed by atoms with van der Waals surface area (Å²) in [5.74, 6) is -0.593. The Morgan fingerprint density at radius 3 is 2.61 bits per heavy atom. The predicted molar refractivity (Wildman–Crippen MR) is 64.8 cm³/mol. The van der Waals surface area contributed by atoms with E-state index in [9.17, 15) is 9.59 Å². The highest BCUT2D eigenvalue weighted by atomic mass is 16.5. The first-order valence-corrected chi connectivity index (χ1v) is 6.09. The summed E-state index contributed by atoms with van der Waals surface area (Å²) in [6, 6.07) is 0.273. The highest BCUT2D eigenvalue weighted by Gasteiger charge is 2.48. The Hall–Kier alpha value is -1.36. The zero-order valence-electron chi connectivity index (χ0n) is 11.1. The fourth-order valence-corrected chi connectivity index (χ4v) is 2.00. The van der Waals surface area contributed by atoms with Crippen LogP contribution in [0.2, 0.25) is 0 Å². The number of carbonyl (C=O) groups excluding carboxylic acids is 2. The molecule has 0 saturated carbocycles. The lowest BCUT2D eigenvalue weighted by molar-refractivity contribution is -0.159. The smallest absolute Gasteiger partial charge is 0.333 e. The summed E-state index contributed by atoms with van der Waals surface area (Å²) in [6.07, 6.45) is 2.00. The van der Waals surface area contributed by atoms with Gasteiger partial charge in [-0.3, -0.25) is 4.79 Å². The maximum absolute atomic E-state index is 11.9. The van der Waals surface area contributed by atoms with Crippen molar-refractivity contribution in [2.75, 3.05) is 7.11 Å². The molecule has 0 aromatic rings. The molecule has 2 aliphatic rings. The Bertz CT molecular complexity index is 408. The van der Waals surface area contributed by atoms with Crippen LogP contribution in [0.15, 0.2) is 11.6 Å². The molecule has 0 amide bonds. The maximum atomic E-state index is 11.9. The van der Waals surface area contributed by atoms with E-state index in [-0.39, 0.29) is 30.1 Å². The highest BCUT2D eigenvalue weighted by molar-refractivity contribution is 5.89. The van der Waals surface area contributed by atoms with Gasteiger partial charge in [-0.2, -0.15) is 0 Å². The molecule has 18 heavy (non-hydrogen) atoms. The molecule has 1 saturated heterocycles. The first-order chi connectivity index (χ1) is 8.32. The van der Waals surface area contributed by atoms with Crippen LogP contribution in [0, 0.1) is 5.41 Å². The second-order valence-corrected chi connectivity index (χ2v) is 5.80. The molecule has 5 nitrogen and oxygen atoms in total. The number of hydrogen-bond acceptors (Lipinski definition) is 5. The Labute approximate surface area is 107 Å². The van der Waals surface area contributed by atoms with Crippen molar-refractivity contribution in [3.63, 3.8) is 0 Å². The summed E-state index contributed by atoms with van der Waals surface area (Å²) in [5.41, 5.74) is 0.0484. The summed E-state index contributed by atoms with van der Waals surface area (Å²) in [6.45, 7) is 5.44. The summed E-state index contributed by atoms with van der Waals surface area (Å²) in [5, 5.41) is 3.19. The third-order valence-corrected chi connectivity index (χ3v) is 3.18. The molecular weight excluding hydrogens is 234 g/mol. The number of carbonyl (C=O) groups is 2. The molecule has 0 aromatic carbocycles. The Balaban J connectivity index is 2.03. The van der Waals surface area contributed by atoms with Crippen LogP contribution < -0.4 is 5.32 Å². The van der Waals surface area contributed by atoms with Crippen molar-refractivity contribution in [3.8, 4) is 0 Å². The molecule has 1 N–H and O–H groups in total. The molecule has 3 atom stereocenters. The van der Waals surface area contributed by atoms with Crippen molar-refractivity contribution < 1.29 is 19.1 Å². The Kier molecular flexibility index (Phi) is 3.19. The van der Waals surface area contributed by atoms with Gasteiger partial charge in [0.1, 0.15) is 6.10 Å². The fraction of sp³-hybridized carbons (Fsp3) is 0.692. The summed E-state index contributed by atoms with van der Waals surface area (Å²) in [7, 11) is 1.35. The van der Waals surface area contributed by atoms with Crippen LogP contribution in [0.4, 0.5) is 0 Å². The summed E-state index contributed by atoms with van der Waals surface area (Å²) in [4.78, 5) is 23.4. The van der Waals surface area contributed by atoms with Gasteiger partial charge in [0, 0.05) is 18.0 Å². The summed E-state index contributed by atoms with van der Waals surface area (Å²) < 4.78 is 10.2. The van der Waals surface area contributed by atoms with Gasteiger partial charge >= 0.3 is 11.9 Å². The van der Waals surface area contributed by atoms with Crippen molar-refractivity contribution in [1.82, 2.24) is 5.32 Å². The van der Waals surface area contributed by atoms with Crippen LogP contribution in [0.25, 0.3) is 0 Å². The third kappa shape index (κ3) is 2.56. The molecule has 5 heteroatoms. The quantitative estimate of drug-likeness (QED) is 0.581.